The van der Waals surface area contributed by atoms with Crippen molar-refractivity contribution in [2.45, 2.75) is 57.3 Å². The SMILES string of the molecule is O=C(O)CCN=C1CCCC(=O)C1=C(O)CCc1noc2c1C(=O)CC(c1ccccc1)C2. The summed E-state index contributed by atoms with van der Waals surface area (Å²) < 4.78 is 5.49. The van der Waals surface area contributed by atoms with Crippen LogP contribution in [0.4, 0.5) is 0 Å². The maximum Gasteiger partial charge on any atom is 0.305 e. The Morgan fingerprint density at radius 1 is 1.06 bits per heavy atom. The molecule has 8 nitrogen and oxygen atoms in total. The molecule has 0 spiro atoms. The Hall–Kier alpha value is -3.55. The van der Waals surface area contributed by atoms with Gasteiger partial charge in [0, 0.05) is 44.4 Å². The number of aliphatic hydroxyl groups excluding tert-OH is 1. The summed E-state index contributed by atoms with van der Waals surface area (Å²) in [6, 6.07) is 9.83. The number of aliphatic carboxylic acids is 1. The number of hydrogen-bond donors (Lipinski definition) is 2. The van der Waals surface area contributed by atoms with E-state index in [9.17, 15) is 19.5 Å². The molecule has 2 aromatic rings. The number of carboxylic acids is 1. The number of nitrogens with zero attached hydrogens (tertiary/aromatic N) is 2. The van der Waals surface area contributed by atoms with Crippen LogP contribution in [-0.2, 0) is 22.4 Å². The second-order valence-electron chi connectivity index (χ2n) is 8.44. The van der Waals surface area contributed by atoms with Crippen LogP contribution in [0.3, 0.4) is 0 Å². The molecule has 1 heterocycles. The third kappa shape index (κ3) is 5.10. The number of carboxylic acid groups (broad SMARTS) is 1. The highest BCUT2D eigenvalue weighted by Crippen LogP contribution is 2.35. The number of Topliss-reactive ketones (excluding diaryl/α,β-unsaturated/α-hetero) is 2. The summed E-state index contributed by atoms with van der Waals surface area (Å²) in [7, 11) is 0. The maximum absolute atomic E-state index is 12.9. The molecule has 1 unspecified atom stereocenters. The lowest BCUT2D eigenvalue weighted by Gasteiger charge is -2.20. The fraction of sp³-hybridized carbons (Fsp3) is 0.400. The summed E-state index contributed by atoms with van der Waals surface area (Å²) in [6.45, 7) is 0.0581. The molecule has 2 N–H and O–H groups in total. The quantitative estimate of drug-likeness (QED) is 0.481. The topological polar surface area (TPSA) is 130 Å². The third-order valence-corrected chi connectivity index (χ3v) is 6.15. The van der Waals surface area contributed by atoms with E-state index in [4.69, 9.17) is 9.63 Å². The molecule has 0 aliphatic heterocycles. The van der Waals surface area contributed by atoms with Crippen LogP contribution in [0.5, 0.6) is 0 Å². The van der Waals surface area contributed by atoms with Gasteiger partial charge in [0.2, 0.25) is 0 Å². The van der Waals surface area contributed by atoms with Crippen molar-refractivity contribution in [1.82, 2.24) is 5.16 Å². The van der Waals surface area contributed by atoms with Crippen molar-refractivity contribution in [3.63, 3.8) is 0 Å². The summed E-state index contributed by atoms with van der Waals surface area (Å²) in [5, 5.41) is 23.6. The minimum atomic E-state index is -0.966. The highest BCUT2D eigenvalue weighted by molar-refractivity contribution is 6.24. The van der Waals surface area contributed by atoms with E-state index < -0.39 is 5.97 Å². The van der Waals surface area contributed by atoms with Crippen molar-refractivity contribution in [3.8, 4) is 0 Å². The van der Waals surface area contributed by atoms with Crippen LogP contribution in [0, 0.1) is 0 Å². The largest absolute Gasteiger partial charge is 0.511 e. The highest BCUT2D eigenvalue weighted by Gasteiger charge is 2.33. The van der Waals surface area contributed by atoms with Crippen LogP contribution >= 0.6 is 0 Å². The highest BCUT2D eigenvalue weighted by atomic mass is 16.5. The number of aryl methyl sites for hydroxylation is 1. The molecule has 1 aromatic carbocycles. The van der Waals surface area contributed by atoms with Crippen molar-refractivity contribution in [3.05, 3.63) is 64.2 Å². The number of hydrogen-bond acceptors (Lipinski definition) is 7. The maximum atomic E-state index is 12.9. The molecule has 1 atom stereocenters. The van der Waals surface area contributed by atoms with Gasteiger partial charge in [0.15, 0.2) is 11.6 Å². The Kier molecular flexibility index (Phi) is 6.82. The standard InChI is InChI=1S/C25H26N2O6/c28-19-8-4-7-17(26-12-11-23(31)32)24(19)20(29)10-9-18-25-21(30)13-16(14-22(25)33-27-18)15-5-2-1-3-6-15/h1-3,5-6,16,29H,4,7-14H2,(H,31,32). The Morgan fingerprint density at radius 2 is 1.85 bits per heavy atom. The normalized spacial score (nSPS) is 21.2. The smallest absolute Gasteiger partial charge is 0.305 e. The summed E-state index contributed by atoms with van der Waals surface area (Å²) in [5.41, 5.74) is 2.70. The summed E-state index contributed by atoms with van der Waals surface area (Å²) in [5.74, 6) is -0.684. The molecule has 0 bridgehead atoms. The zero-order valence-corrected chi connectivity index (χ0v) is 18.2. The average molecular weight is 450 g/mol. The predicted octanol–water partition coefficient (Wildman–Crippen LogP) is 4.00. The fourth-order valence-corrected chi connectivity index (χ4v) is 4.53. The molecule has 33 heavy (non-hydrogen) atoms. The molecule has 0 saturated heterocycles. The van der Waals surface area contributed by atoms with Gasteiger partial charge < -0.3 is 14.7 Å². The number of fused-ring (bicyclic) bond motifs is 1. The molecule has 0 amide bonds. The lowest BCUT2D eigenvalue weighted by Crippen LogP contribution is -2.22. The number of benzene rings is 1. The number of carbonyl (C=O) groups excluding carboxylic acids is 2. The second kappa shape index (κ2) is 9.94. The lowest BCUT2D eigenvalue weighted by atomic mass is 9.81. The van der Waals surface area contributed by atoms with Crippen molar-refractivity contribution >= 4 is 23.2 Å². The molecule has 2 aliphatic carbocycles. The first-order valence-corrected chi connectivity index (χ1v) is 11.2. The summed E-state index contributed by atoms with van der Waals surface area (Å²) in [4.78, 5) is 40.3. The summed E-state index contributed by atoms with van der Waals surface area (Å²) in [6.07, 6.45) is 2.65. The van der Waals surface area contributed by atoms with Gasteiger partial charge in [0.25, 0.3) is 0 Å². The van der Waals surface area contributed by atoms with E-state index >= 15 is 0 Å². The number of aliphatic imine (C=N–C) groups is 1. The Bertz CT molecular complexity index is 1130. The Balaban J connectivity index is 1.50. The number of carbonyl (C=O) groups is 3. The van der Waals surface area contributed by atoms with E-state index in [1.807, 2.05) is 30.3 Å². The minimum Gasteiger partial charge on any atom is -0.511 e. The molecular formula is C25H26N2O6. The van der Waals surface area contributed by atoms with Crippen molar-refractivity contribution in [2.75, 3.05) is 6.54 Å². The molecule has 4 rings (SSSR count). The molecule has 1 saturated carbocycles. The fourth-order valence-electron chi connectivity index (χ4n) is 4.53. The zero-order valence-electron chi connectivity index (χ0n) is 18.2. The number of allylic oxidation sites excluding steroid dienone is 2. The monoisotopic (exact) mass is 450 g/mol. The second-order valence-corrected chi connectivity index (χ2v) is 8.44. The van der Waals surface area contributed by atoms with Crippen molar-refractivity contribution < 1.29 is 29.1 Å². The van der Waals surface area contributed by atoms with E-state index in [2.05, 4.69) is 10.1 Å². The lowest BCUT2D eigenvalue weighted by molar-refractivity contribution is -0.136. The van der Waals surface area contributed by atoms with Gasteiger partial charge in [0.1, 0.15) is 11.5 Å². The van der Waals surface area contributed by atoms with Crippen LogP contribution in [0.1, 0.15) is 71.8 Å². The number of aromatic nitrogens is 1. The van der Waals surface area contributed by atoms with Gasteiger partial charge in [-0.1, -0.05) is 35.5 Å². The van der Waals surface area contributed by atoms with Gasteiger partial charge >= 0.3 is 5.97 Å². The van der Waals surface area contributed by atoms with E-state index in [0.717, 1.165) is 5.56 Å². The van der Waals surface area contributed by atoms with Gasteiger partial charge in [0.05, 0.1) is 23.3 Å². The van der Waals surface area contributed by atoms with Crippen molar-refractivity contribution in [2.24, 2.45) is 4.99 Å². The summed E-state index contributed by atoms with van der Waals surface area (Å²) >= 11 is 0. The zero-order chi connectivity index (χ0) is 23.4. The van der Waals surface area contributed by atoms with Gasteiger partial charge in [-0.15, -0.1) is 0 Å². The van der Waals surface area contributed by atoms with E-state index in [0.29, 0.717) is 54.8 Å². The molecule has 1 fully saturated rings. The van der Waals surface area contributed by atoms with Crippen LogP contribution in [0.2, 0.25) is 0 Å². The minimum absolute atomic E-state index is 0.0295. The molecule has 1 aromatic heterocycles. The first-order chi connectivity index (χ1) is 15.9. The number of rotatable bonds is 7. The first-order valence-electron chi connectivity index (χ1n) is 11.2. The van der Waals surface area contributed by atoms with Gasteiger partial charge in [-0.3, -0.25) is 19.4 Å². The van der Waals surface area contributed by atoms with Crippen LogP contribution in [0.25, 0.3) is 0 Å². The van der Waals surface area contributed by atoms with E-state index in [-0.39, 0.29) is 54.6 Å². The van der Waals surface area contributed by atoms with E-state index in [1.54, 1.807) is 0 Å². The van der Waals surface area contributed by atoms with Crippen LogP contribution in [-0.4, -0.2) is 45.2 Å². The van der Waals surface area contributed by atoms with Gasteiger partial charge in [-0.25, -0.2) is 0 Å². The van der Waals surface area contributed by atoms with E-state index in [1.165, 1.54) is 0 Å². The molecule has 172 valence electrons. The molecular weight excluding hydrogens is 424 g/mol. The molecule has 8 heteroatoms. The van der Waals surface area contributed by atoms with Crippen molar-refractivity contribution in [1.29, 1.82) is 0 Å². The van der Waals surface area contributed by atoms with Gasteiger partial charge in [-0.05, 0) is 24.3 Å². The average Bonchev–Trinajstić information content (AvgIpc) is 3.21. The third-order valence-electron chi connectivity index (χ3n) is 6.15. The van der Waals surface area contributed by atoms with Crippen LogP contribution < -0.4 is 0 Å². The number of ketones is 2. The number of aliphatic hydroxyl groups is 1. The Morgan fingerprint density at radius 3 is 2.61 bits per heavy atom. The molecule has 2 aliphatic rings. The van der Waals surface area contributed by atoms with Gasteiger partial charge in [-0.2, -0.15) is 0 Å². The first kappa shape index (κ1) is 22.6. The molecule has 0 radical (unpaired) electrons. The van der Waals surface area contributed by atoms with Crippen LogP contribution in [0.15, 0.2) is 51.2 Å². The Labute approximate surface area is 191 Å². The predicted molar refractivity (Wildman–Crippen MR) is 120 cm³/mol.